The first-order valence-corrected chi connectivity index (χ1v) is 5.16. The Hall–Kier alpha value is -0.870. The van der Waals surface area contributed by atoms with Crippen molar-refractivity contribution in [3.05, 3.63) is 44.8 Å². The molecule has 0 amide bonds. The quantitative estimate of drug-likeness (QED) is 0.833. The van der Waals surface area contributed by atoms with E-state index in [2.05, 4.69) is 15.9 Å². The van der Waals surface area contributed by atoms with E-state index in [4.69, 9.17) is 5.73 Å². The van der Waals surface area contributed by atoms with Crippen molar-refractivity contribution in [1.29, 1.82) is 0 Å². The van der Waals surface area contributed by atoms with Crippen LogP contribution in [0.5, 0.6) is 0 Å². The second-order valence-corrected chi connectivity index (χ2v) is 3.92. The Balaban J connectivity index is 2.97. The van der Waals surface area contributed by atoms with Crippen molar-refractivity contribution >= 4 is 15.9 Å². The van der Waals surface area contributed by atoms with Gasteiger partial charge in [-0.3, -0.25) is 4.79 Å². The van der Waals surface area contributed by atoms with Crippen molar-refractivity contribution in [1.82, 2.24) is 4.57 Å². The maximum absolute atomic E-state index is 11.6. The number of rotatable bonds is 3. The lowest BCUT2D eigenvalue weighted by Crippen LogP contribution is -2.21. The summed E-state index contributed by atoms with van der Waals surface area (Å²) >= 11 is 3.35. The van der Waals surface area contributed by atoms with Crippen LogP contribution in [0.3, 0.4) is 0 Å². The van der Waals surface area contributed by atoms with Crippen LogP contribution in [0.4, 0.5) is 0 Å². The van der Waals surface area contributed by atoms with Gasteiger partial charge in [0, 0.05) is 29.3 Å². The van der Waals surface area contributed by atoms with Crippen LogP contribution in [0.2, 0.25) is 0 Å². The molecule has 0 spiro atoms. The lowest BCUT2D eigenvalue weighted by molar-refractivity contribution is 0.766. The van der Waals surface area contributed by atoms with Crippen molar-refractivity contribution in [2.45, 2.75) is 13.5 Å². The highest BCUT2D eigenvalue weighted by atomic mass is 79.9. The molecule has 0 bridgehead atoms. The monoisotopic (exact) mass is 256 g/mol. The van der Waals surface area contributed by atoms with Crippen molar-refractivity contribution < 1.29 is 0 Å². The molecule has 2 N–H and O–H groups in total. The van der Waals surface area contributed by atoms with E-state index in [9.17, 15) is 4.79 Å². The molecule has 0 unspecified atom stereocenters. The summed E-state index contributed by atoms with van der Waals surface area (Å²) in [5.74, 6) is 0. The van der Waals surface area contributed by atoms with Crippen molar-refractivity contribution in [2.75, 3.05) is 6.54 Å². The third kappa shape index (κ3) is 2.82. The Morgan fingerprint density at radius 3 is 2.93 bits per heavy atom. The molecule has 1 heterocycles. The fourth-order valence-electron chi connectivity index (χ4n) is 1.16. The number of halogens is 1. The van der Waals surface area contributed by atoms with Crippen molar-refractivity contribution in [3.63, 3.8) is 0 Å². The van der Waals surface area contributed by atoms with Gasteiger partial charge < -0.3 is 10.3 Å². The topological polar surface area (TPSA) is 48.0 Å². The van der Waals surface area contributed by atoms with E-state index in [-0.39, 0.29) is 5.56 Å². The van der Waals surface area contributed by atoms with Crippen LogP contribution in [-0.2, 0) is 6.54 Å². The van der Waals surface area contributed by atoms with Crippen molar-refractivity contribution in [3.8, 4) is 0 Å². The Labute approximate surface area is 91.4 Å². The first kappa shape index (κ1) is 11.2. The molecule has 0 saturated carbocycles. The number of allylic oxidation sites excluding steroid dienone is 1. The molecular formula is C10H13BrN2O. The van der Waals surface area contributed by atoms with Crippen LogP contribution in [0.15, 0.2) is 33.7 Å². The number of hydrogen-bond acceptors (Lipinski definition) is 2. The normalized spacial score (nSPS) is 11.1. The van der Waals surface area contributed by atoms with Gasteiger partial charge in [-0.05, 0) is 28.9 Å². The average Bonchev–Trinajstić information content (AvgIpc) is 2.13. The molecule has 4 heteroatoms. The maximum Gasteiger partial charge on any atom is 0.253 e. The Bertz CT molecular complexity index is 396. The molecule has 76 valence electrons. The van der Waals surface area contributed by atoms with Gasteiger partial charge in [-0.25, -0.2) is 0 Å². The first-order valence-electron chi connectivity index (χ1n) is 4.37. The van der Waals surface area contributed by atoms with Gasteiger partial charge in [0.1, 0.15) is 0 Å². The zero-order valence-corrected chi connectivity index (χ0v) is 9.62. The second-order valence-electron chi connectivity index (χ2n) is 3.01. The number of nitrogens with zero attached hydrogens (tertiary/aromatic N) is 1. The summed E-state index contributed by atoms with van der Waals surface area (Å²) in [5.41, 5.74) is 6.08. The van der Waals surface area contributed by atoms with Gasteiger partial charge in [0.25, 0.3) is 5.56 Å². The minimum atomic E-state index is 0.0369. The summed E-state index contributed by atoms with van der Waals surface area (Å²) in [7, 11) is 0. The molecule has 0 saturated heterocycles. The molecule has 1 aromatic rings. The minimum Gasteiger partial charge on any atom is -0.327 e. The first-order chi connectivity index (χ1) is 6.65. The van der Waals surface area contributed by atoms with Crippen LogP contribution in [0.1, 0.15) is 5.56 Å². The second kappa shape index (κ2) is 5.12. The van der Waals surface area contributed by atoms with Gasteiger partial charge in [0.2, 0.25) is 0 Å². The molecular weight excluding hydrogens is 244 g/mol. The van der Waals surface area contributed by atoms with Crippen molar-refractivity contribution in [2.24, 2.45) is 5.73 Å². The van der Waals surface area contributed by atoms with E-state index in [0.29, 0.717) is 13.1 Å². The standard InChI is InChI=1S/C10H13BrN2O/c1-8-6-9(11)7-13(10(8)14)5-3-2-4-12/h2-3,6-7H,4-5,12H2,1H3/b3-2+. The van der Waals surface area contributed by atoms with E-state index in [1.807, 2.05) is 18.2 Å². The van der Waals surface area contributed by atoms with E-state index < -0.39 is 0 Å². The lowest BCUT2D eigenvalue weighted by atomic mass is 10.3. The molecule has 0 aliphatic heterocycles. The molecule has 0 aromatic carbocycles. The molecule has 0 fully saturated rings. The highest BCUT2D eigenvalue weighted by Gasteiger charge is 1.99. The summed E-state index contributed by atoms with van der Waals surface area (Å²) in [5, 5.41) is 0. The minimum absolute atomic E-state index is 0.0369. The zero-order chi connectivity index (χ0) is 10.6. The average molecular weight is 257 g/mol. The summed E-state index contributed by atoms with van der Waals surface area (Å²) in [6.07, 6.45) is 5.49. The Morgan fingerprint density at radius 1 is 1.57 bits per heavy atom. The predicted molar refractivity (Wildman–Crippen MR) is 61.3 cm³/mol. The van der Waals surface area contributed by atoms with Crippen LogP contribution in [0, 0.1) is 6.92 Å². The van der Waals surface area contributed by atoms with Crippen LogP contribution >= 0.6 is 15.9 Å². The van der Waals surface area contributed by atoms with Gasteiger partial charge in [0.15, 0.2) is 0 Å². The Morgan fingerprint density at radius 2 is 2.29 bits per heavy atom. The number of pyridine rings is 1. The Kier molecular flexibility index (Phi) is 4.10. The van der Waals surface area contributed by atoms with Gasteiger partial charge in [-0.15, -0.1) is 0 Å². The van der Waals surface area contributed by atoms with Gasteiger partial charge >= 0.3 is 0 Å². The highest BCUT2D eigenvalue weighted by Crippen LogP contribution is 2.07. The number of aromatic nitrogens is 1. The highest BCUT2D eigenvalue weighted by molar-refractivity contribution is 9.10. The van der Waals surface area contributed by atoms with Gasteiger partial charge in [0.05, 0.1) is 0 Å². The molecule has 0 atom stereocenters. The smallest absolute Gasteiger partial charge is 0.253 e. The van der Waals surface area contributed by atoms with Gasteiger partial charge in [-0.1, -0.05) is 12.2 Å². The van der Waals surface area contributed by atoms with Gasteiger partial charge in [-0.2, -0.15) is 0 Å². The molecule has 14 heavy (non-hydrogen) atoms. The van der Waals surface area contributed by atoms with E-state index in [1.165, 1.54) is 0 Å². The maximum atomic E-state index is 11.6. The fourth-order valence-corrected chi connectivity index (χ4v) is 1.75. The van der Waals surface area contributed by atoms with Crippen LogP contribution < -0.4 is 11.3 Å². The third-order valence-corrected chi connectivity index (χ3v) is 2.27. The predicted octanol–water partition coefficient (Wildman–Crippen LogP) is 1.43. The zero-order valence-electron chi connectivity index (χ0n) is 8.03. The largest absolute Gasteiger partial charge is 0.327 e. The van der Waals surface area contributed by atoms with E-state index in [0.717, 1.165) is 10.0 Å². The summed E-state index contributed by atoms with van der Waals surface area (Å²) in [4.78, 5) is 11.6. The van der Waals surface area contributed by atoms with Crippen LogP contribution in [-0.4, -0.2) is 11.1 Å². The summed E-state index contributed by atoms with van der Waals surface area (Å²) < 4.78 is 2.56. The van der Waals surface area contributed by atoms with Crippen LogP contribution in [0.25, 0.3) is 0 Å². The molecule has 0 radical (unpaired) electrons. The summed E-state index contributed by atoms with van der Waals surface area (Å²) in [6, 6.07) is 1.81. The fraction of sp³-hybridized carbons (Fsp3) is 0.300. The molecule has 3 nitrogen and oxygen atoms in total. The lowest BCUT2D eigenvalue weighted by Gasteiger charge is -2.04. The van der Waals surface area contributed by atoms with E-state index >= 15 is 0 Å². The number of hydrogen-bond donors (Lipinski definition) is 1. The molecule has 0 aliphatic rings. The molecule has 1 rings (SSSR count). The summed E-state index contributed by atoms with van der Waals surface area (Å²) in [6.45, 7) is 2.87. The van der Waals surface area contributed by atoms with E-state index in [1.54, 1.807) is 17.7 Å². The third-order valence-electron chi connectivity index (χ3n) is 1.84. The molecule has 0 aliphatic carbocycles. The number of aryl methyl sites for hydroxylation is 1. The SMILES string of the molecule is Cc1cc(Br)cn(C/C=C/CN)c1=O. The number of nitrogens with two attached hydrogens (primary N) is 1. The molecule has 1 aromatic heterocycles.